The third kappa shape index (κ3) is 2.96. The number of pyridine rings is 1. The van der Waals surface area contributed by atoms with Crippen molar-refractivity contribution in [3.8, 4) is 5.88 Å². The summed E-state index contributed by atoms with van der Waals surface area (Å²) in [5.41, 5.74) is 0.927. The summed E-state index contributed by atoms with van der Waals surface area (Å²) in [7, 11) is 0. The molecule has 1 heterocycles. The quantitative estimate of drug-likeness (QED) is 0.844. The van der Waals surface area contributed by atoms with Crippen LogP contribution in [0.25, 0.3) is 0 Å². The molecule has 0 aromatic carbocycles. The maximum absolute atomic E-state index is 11.7. The van der Waals surface area contributed by atoms with Crippen LogP contribution in [-0.2, 0) is 11.3 Å². The van der Waals surface area contributed by atoms with Crippen LogP contribution in [0.1, 0.15) is 25.8 Å². The SMILES string of the molecule is CCOc1ncccc1CNC(=O)[C@H]1C[C@H]1C. The van der Waals surface area contributed by atoms with E-state index in [2.05, 4.69) is 17.2 Å². The lowest BCUT2D eigenvalue weighted by Gasteiger charge is -2.09. The van der Waals surface area contributed by atoms with Gasteiger partial charge in [-0.2, -0.15) is 0 Å². The van der Waals surface area contributed by atoms with Gasteiger partial charge in [-0.3, -0.25) is 4.79 Å². The maximum atomic E-state index is 11.7. The highest BCUT2D eigenvalue weighted by atomic mass is 16.5. The van der Waals surface area contributed by atoms with Crippen molar-refractivity contribution in [1.29, 1.82) is 0 Å². The summed E-state index contributed by atoms with van der Waals surface area (Å²) in [5, 5.41) is 2.93. The van der Waals surface area contributed by atoms with Crippen LogP contribution in [0.4, 0.5) is 0 Å². The normalized spacial score (nSPS) is 22.0. The Morgan fingerprint density at radius 3 is 3.06 bits per heavy atom. The summed E-state index contributed by atoms with van der Waals surface area (Å²) in [6.07, 6.45) is 2.70. The van der Waals surface area contributed by atoms with E-state index in [9.17, 15) is 4.79 Å². The number of nitrogens with one attached hydrogen (secondary N) is 1. The number of rotatable bonds is 5. The smallest absolute Gasteiger partial charge is 0.223 e. The predicted octanol–water partition coefficient (Wildman–Crippen LogP) is 1.75. The molecular formula is C13H18N2O2. The minimum absolute atomic E-state index is 0.142. The molecule has 4 heteroatoms. The molecule has 1 amide bonds. The molecular weight excluding hydrogens is 216 g/mol. The van der Waals surface area contributed by atoms with Crippen molar-refractivity contribution in [2.24, 2.45) is 11.8 Å². The van der Waals surface area contributed by atoms with E-state index in [4.69, 9.17) is 4.74 Å². The summed E-state index contributed by atoms with van der Waals surface area (Å²) >= 11 is 0. The molecule has 0 aliphatic heterocycles. The molecule has 2 atom stereocenters. The molecule has 0 unspecified atom stereocenters. The second-order valence-electron chi connectivity index (χ2n) is 4.44. The summed E-state index contributed by atoms with van der Waals surface area (Å²) in [6, 6.07) is 3.78. The van der Waals surface area contributed by atoms with Crippen molar-refractivity contribution in [3.05, 3.63) is 23.9 Å². The molecule has 17 heavy (non-hydrogen) atoms. The number of carbonyl (C=O) groups is 1. The van der Waals surface area contributed by atoms with E-state index in [-0.39, 0.29) is 11.8 Å². The number of amides is 1. The van der Waals surface area contributed by atoms with Crippen LogP contribution in [0.2, 0.25) is 0 Å². The highest BCUT2D eigenvalue weighted by Crippen LogP contribution is 2.37. The van der Waals surface area contributed by atoms with Crippen LogP contribution in [0.15, 0.2) is 18.3 Å². The van der Waals surface area contributed by atoms with Gasteiger partial charge in [-0.25, -0.2) is 4.98 Å². The molecule has 4 nitrogen and oxygen atoms in total. The van der Waals surface area contributed by atoms with Crippen molar-refractivity contribution in [3.63, 3.8) is 0 Å². The van der Waals surface area contributed by atoms with Crippen LogP contribution in [0.3, 0.4) is 0 Å². The first-order valence-corrected chi connectivity index (χ1v) is 6.06. The summed E-state index contributed by atoms with van der Waals surface area (Å²) in [5.74, 6) is 1.50. The molecule has 1 aromatic heterocycles. The predicted molar refractivity (Wildman–Crippen MR) is 64.5 cm³/mol. The third-order valence-electron chi connectivity index (χ3n) is 3.03. The van der Waals surface area contributed by atoms with Gasteiger partial charge in [0.1, 0.15) is 0 Å². The van der Waals surface area contributed by atoms with Gasteiger partial charge < -0.3 is 10.1 Å². The molecule has 1 saturated carbocycles. The number of aromatic nitrogens is 1. The first kappa shape index (κ1) is 11.9. The monoisotopic (exact) mass is 234 g/mol. The Kier molecular flexibility index (Phi) is 3.61. The number of hydrogen-bond donors (Lipinski definition) is 1. The van der Waals surface area contributed by atoms with Crippen LogP contribution in [-0.4, -0.2) is 17.5 Å². The van der Waals surface area contributed by atoms with Crippen LogP contribution >= 0.6 is 0 Å². The van der Waals surface area contributed by atoms with Crippen LogP contribution in [0, 0.1) is 11.8 Å². The second-order valence-corrected chi connectivity index (χ2v) is 4.44. The van der Waals surface area contributed by atoms with Gasteiger partial charge in [-0.15, -0.1) is 0 Å². The average molecular weight is 234 g/mol. The van der Waals surface area contributed by atoms with Gasteiger partial charge in [0.2, 0.25) is 11.8 Å². The van der Waals surface area contributed by atoms with E-state index in [1.165, 1.54) is 0 Å². The molecule has 92 valence electrons. The first-order chi connectivity index (χ1) is 8.22. The minimum Gasteiger partial charge on any atom is -0.478 e. The third-order valence-corrected chi connectivity index (χ3v) is 3.03. The van der Waals surface area contributed by atoms with Gasteiger partial charge in [-0.05, 0) is 25.3 Å². The molecule has 1 fully saturated rings. The van der Waals surface area contributed by atoms with E-state index in [0.29, 0.717) is 24.9 Å². The van der Waals surface area contributed by atoms with Gasteiger partial charge >= 0.3 is 0 Å². The van der Waals surface area contributed by atoms with Crippen molar-refractivity contribution < 1.29 is 9.53 Å². The zero-order valence-corrected chi connectivity index (χ0v) is 10.3. The molecule has 1 aliphatic rings. The number of nitrogens with zero attached hydrogens (tertiary/aromatic N) is 1. The maximum Gasteiger partial charge on any atom is 0.223 e. The second kappa shape index (κ2) is 5.17. The Balaban J connectivity index is 1.91. The number of carbonyl (C=O) groups excluding carboxylic acids is 1. The van der Waals surface area contributed by atoms with Crippen molar-refractivity contribution in [2.45, 2.75) is 26.8 Å². The summed E-state index contributed by atoms with van der Waals surface area (Å²) in [6.45, 7) is 5.09. The molecule has 0 spiro atoms. The lowest BCUT2D eigenvalue weighted by molar-refractivity contribution is -0.122. The Bertz CT molecular complexity index is 406. The van der Waals surface area contributed by atoms with Crippen molar-refractivity contribution >= 4 is 5.91 Å². The molecule has 1 aliphatic carbocycles. The Hall–Kier alpha value is -1.58. The number of ether oxygens (including phenoxy) is 1. The van der Waals surface area contributed by atoms with Crippen LogP contribution in [0.5, 0.6) is 5.88 Å². The average Bonchev–Trinajstić information content (AvgIpc) is 3.05. The van der Waals surface area contributed by atoms with Gasteiger partial charge in [0, 0.05) is 24.2 Å². The van der Waals surface area contributed by atoms with E-state index in [0.717, 1.165) is 12.0 Å². The molecule has 2 rings (SSSR count). The molecule has 1 aromatic rings. The standard InChI is InChI=1S/C13H18N2O2/c1-3-17-13-10(5-4-6-14-13)8-15-12(16)11-7-9(11)2/h4-6,9,11H,3,7-8H2,1-2H3,(H,15,16)/t9-,11+/m1/s1. The molecule has 1 N–H and O–H groups in total. The molecule has 0 saturated heterocycles. The number of hydrogen-bond acceptors (Lipinski definition) is 3. The van der Waals surface area contributed by atoms with Crippen LogP contribution < -0.4 is 10.1 Å². The first-order valence-electron chi connectivity index (χ1n) is 6.06. The van der Waals surface area contributed by atoms with Gasteiger partial charge in [0.25, 0.3) is 0 Å². The highest BCUT2D eigenvalue weighted by Gasteiger charge is 2.38. The zero-order chi connectivity index (χ0) is 12.3. The summed E-state index contributed by atoms with van der Waals surface area (Å²) < 4.78 is 5.40. The lowest BCUT2D eigenvalue weighted by atomic mass is 10.2. The van der Waals surface area contributed by atoms with E-state index in [1.807, 2.05) is 19.1 Å². The minimum atomic E-state index is 0.142. The van der Waals surface area contributed by atoms with E-state index in [1.54, 1.807) is 6.20 Å². The Morgan fingerprint density at radius 1 is 1.65 bits per heavy atom. The van der Waals surface area contributed by atoms with Gasteiger partial charge in [-0.1, -0.05) is 13.0 Å². The highest BCUT2D eigenvalue weighted by molar-refractivity contribution is 5.81. The van der Waals surface area contributed by atoms with Gasteiger partial charge in [0.05, 0.1) is 6.61 Å². The van der Waals surface area contributed by atoms with E-state index < -0.39 is 0 Å². The Morgan fingerprint density at radius 2 is 2.41 bits per heavy atom. The molecule has 0 radical (unpaired) electrons. The van der Waals surface area contributed by atoms with Gasteiger partial charge in [0.15, 0.2) is 0 Å². The largest absolute Gasteiger partial charge is 0.478 e. The fourth-order valence-electron chi connectivity index (χ4n) is 1.83. The summed E-state index contributed by atoms with van der Waals surface area (Å²) in [4.78, 5) is 15.8. The van der Waals surface area contributed by atoms with Crippen molar-refractivity contribution in [1.82, 2.24) is 10.3 Å². The fraction of sp³-hybridized carbons (Fsp3) is 0.538. The Labute approximate surface area is 101 Å². The molecule has 0 bridgehead atoms. The lowest BCUT2D eigenvalue weighted by Crippen LogP contribution is -2.25. The van der Waals surface area contributed by atoms with E-state index >= 15 is 0 Å². The topological polar surface area (TPSA) is 51.2 Å². The zero-order valence-electron chi connectivity index (χ0n) is 10.3. The fourth-order valence-corrected chi connectivity index (χ4v) is 1.83. The van der Waals surface area contributed by atoms with Crippen molar-refractivity contribution in [2.75, 3.05) is 6.61 Å².